The molecule has 3 heterocycles. The van der Waals surface area contributed by atoms with Crippen LogP contribution in [0.1, 0.15) is 37.4 Å². The number of aryl methyl sites for hydroxylation is 2. The summed E-state index contributed by atoms with van der Waals surface area (Å²) < 4.78 is 15.8. The van der Waals surface area contributed by atoms with E-state index in [0.717, 1.165) is 24.9 Å². The maximum absolute atomic E-state index is 14.4. The maximum Gasteiger partial charge on any atom is 0.250 e. The fourth-order valence-corrected chi connectivity index (χ4v) is 5.13. The molecule has 1 saturated carbocycles. The Balaban J connectivity index is 1.32. The van der Waals surface area contributed by atoms with Crippen molar-refractivity contribution >= 4 is 23.3 Å². The highest BCUT2D eigenvalue weighted by molar-refractivity contribution is 6.01. The van der Waals surface area contributed by atoms with Crippen molar-refractivity contribution in [3.8, 4) is 11.1 Å². The fraction of sp³-hybridized carbons (Fsp3) is 0.357. The molecule has 1 atom stereocenters. The normalized spacial score (nSPS) is 19.6. The van der Waals surface area contributed by atoms with Crippen LogP contribution in [0.15, 0.2) is 53.5 Å². The minimum absolute atomic E-state index is 0.0517. The monoisotopic (exact) mass is 488 g/mol. The molecule has 1 saturated heterocycles. The molecule has 1 aromatic carbocycles. The summed E-state index contributed by atoms with van der Waals surface area (Å²) in [5.74, 6) is 0.156. The molecule has 36 heavy (non-hydrogen) atoms. The van der Waals surface area contributed by atoms with Gasteiger partial charge in [-0.1, -0.05) is 13.0 Å². The van der Waals surface area contributed by atoms with Crippen molar-refractivity contribution in [3.05, 3.63) is 76.1 Å². The van der Waals surface area contributed by atoms with Gasteiger partial charge < -0.3 is 14.8 Å². The second-order valence-corrected chi connectivity index (χ2v) is 10.2. The van der Waals surface area contributed by atoms with Crippen molar-refractivity contribution in [2.75, 3.05) is 16.8 Å². The Morgan fingerprint density at radius 3 is 2.64 bits per heavy atom. The molecule has 1 aliphatic heterocycles. The topological polar surface area (TPSA) is 84.3 Å². The van der Waals surface area contributed by atoms with Crippen LogP contribution in [0.3, 0.4) is 0 Å². The molecule has 0 spiro atoms. The van der Waals surface area contributed by atoms with E-state index in [1.165, 1.54) is 22.8 Å². The summed E-state index contributed by atoms with van der Waals surface area (Å²) in [5, 5.41) is 2.81. The Morgan fingerprint density at radius 1 is 1.14 bits per heavy atom. The minimum atomic E-state index is -0.466. The summed E-state index contributed by atoms with van der Waals surface area (Å²) >= 11 is 0. The fourth-order valence-electron chi connectivity index (χ4n) is 5.13. The third-order valence-electron chi connectivity index (χ3n) is 7.33. The van der Waals surface area contributed by atoms with Gasteiger partial charge >= 0.3 is 0 Å². The first-order valence-electron chi connectivity index (χ1n) is 12.2. The molecule has 2 fully saturated rings. The van der Waals surface area contributed by atoms with Gasteiger partial charge in [0.2, 0.25) is 17.4 Å². The SMILES string of the molecule is Cc1cc(N2CC[C@@](C)(C3CC3)C2=O)cc(NC(=O)Cc2cc(F)cc(-c3ccc(=O)n(C)c3)c2)n1. The zero-order chi connectivity index (χ0) is 25.6. The first-order chi connectivity index (χ1) is 17.1. The van der Waals surface area contributed by atoms with E-state index in [4.69, 9.17) is 0 Å². The summed E-state index contributed by atoms with van der Waals surface area (Å²) in [6, 6.07) is 11.1. The molecule has 186 valence electrons. The van der Waals surface area contributed by atoms with Crippen LogP contribution >= 0.6 is 0 Å². The van der Waals surface area contributed by atoms with Crippen LogP contribution in [-0.2, 0) is 23.1 Å². The van der Waals surface area contributed by atoms with E-state index in [0.29, 0.717) is 40.7 Å². The van der Waals surface area contributed by atoms with Crippen molar-refractivity contribution in [1.82, 2.24) is 9.55 Å². The average molecular weight is 489 g/mol. The number of nitrogens with one attached hydrogen (secondary N) is 1. The minimum Gasteiger partial charge on any atom is -0.318 e. The second-order valence-electron chi connectivity index (χ2n) is 10.2. The van der Waals surface area contributed by atoms with Gasteiger partial charge in [-0.2, -0.15) is 0 Å². The largest absolute Gasteiger partial charge is 0.318 e. The molecule has 0 radical (unpaired) electrons. The van der Waals surface area contributed by atoms with Crippen LogP contribution < -0.4 is 15.8 Å². The summed E-state index contributed by atoms with van der Waals surface area (Å²) in [5.41, 5.74) is 2.72. The van der Waals surface area contributed by atoms with E-state index in [1.807, 2.05) is 13.0 Å². The predicted octanol–water partition coefficient (Wildman–Crippen LogP) is 4.23. The van der Waals surface area contributed by atoms with Gasteiger partial charge in [0.15, 0.2) is 0 Å². The Morgan fingerprint density at radius 2 is 1.92 bits per heavy atom. The van der Waals surface area contributed by atoms with Crippen LogP contribution in [0.25, 0.3) is 11.1 Å². The van der Waals surface area contributed by atoms with Gasteiger partial charge in [0.1, 0.15) is 11.6 Å². The van der Waals surface area contributed by atoms with E-state index in [9.17, 15) is 18.8 Å². The average Bonchev–Trinajstić information content (AvgIpc) is 3.61. The quantitative estimate of drug-likeness (QED) is 0.563. The number of amides is 2. The predicted molar refractivity (Wildman–Crippen MR) is 136 cm³/mol. The van der Waals surface area contributed by atoms with Crippen LogP contribution in [0.2, 0.25) is 0 Å². The van der Waals surface area contributed by atoms with Gasteiger partial charge in [-0.25, -0.2) is 9.37 Å². The number of hydrogen-bond donors (Lipinski definition) is 1. The molecule has 1 aliphatic carbocycles. The van der Waals surface area contributed by atoms with Crippen LogP contribution in [-0.4, -0.2) is 27.9 Å². The lowest BCUT2D eigenvalue weighted by Gasteiger charge is -2.23. The number of rotatable bonds is 6. The lowest BCUT2D eigenvalue weighted by atomic mass is 9.83. The third kappa shape index (κ3) is 4.67. The van der Waals surface area contributed by atoms with Crippen molar-refractivity contribution in [2.45, 2.75) is 39.5 Å². The molecule has 2 aromatic heterocycles. The highest BCUT2D eigenvalue weighted by Gasteiger charge is 2.52. The number of carbonyl (C=O) groups excluding carboxylic acids is 2. The summed E-state index contributed by atoms with van der Waals surface area (Å²) in [7, 11) is 1.63. The summed E-state index contributed by atoms with van der Waals surface area (Å²) in [6.07, 6.45) is 4.63. The molecule has 1 N–H and O–H groups in total. The third-order valence-corrected chi connectivity index (χ3v) is 7.33. The second kappa shape index (κ2) is 9.00. The zero-order valence-corrected chi connectivity index (χ0v) is 20.7. The van der Waals surface area contributed by atoms with Gasteiger partial charge in [0.25, 0.3) is 0 Å². The molecule has 2 aliphatic rings. The number of aromatic nitrogens is 2. The Kier molecular flexibility index (Phi) is 5.98. The van der Waals surface area contributed by atoms with E-state index in [1.54, 1.807) is 36.3 Å². The number of halogens is 1. The lowest BCUT2D eigenvalue weighted by Crippen LogP contribution is -2.34. The number of anilines is 2. The number of nitrogens with zero attached hydrogens (tertiary/aromatic N) is 3. The molecular weight excluding hydrogens is 459 g/mol. The van der Waals surface area contributed by atoms with Crippen molar-refractivity contribution in [2.24, 2.45) is 18.4 Å². The van der Waals surface area contributed by atoms with Crippen LogP contribution in [0.4, 0.5) is 15.9 Å². The highest BCUT2D eigenvalue weighted by atomic mass is 19.1. The van der Waals surface area contributed by atoms with Gasteiger partial charge in [-0.05, 0) is 73.1 Å². The smallest absolute Gasteiger partial charge is 0.250 e. The van der Waals surface area contributed by atoms with Gasteiger partial charge in [0, 0.05) is 43.3 Å². The summed E-state index contributed by atoms with van der Waals surface area (Å²) in [6.45, 7) is 4.54. The van der Waals surface area contributed by atoms with E-state index in [-0.39, 0.29) is 29.2 Å². The molecule has 8 heteroatoms. The maximum atomic E-state index is 14.4. The van der Waals surface area contributed by atoms with E-state index < -0.39 is 5.82 Å². The molecule has 0 bridgehead atoms. The van der Waals surface area contributed by atoms with Crippen LogP contribution in [0, 0.1) is 24.1 Å². The van der Waals surface area contributed by atoms with Crippen molar-refractivity contribution in [3.63, 3.8) is 0 Å². The van der Waals surface area contributed by atoms with E-state index >= 15 is 0 Å². The first-order valence-corrected chi connectivity index (χ1v) is 12.2. The molecule has 7 nitrogen and oxygen atoms in total. The molecule has 2 amide bonds. The first kappa shape index (κ1) is 23.9. The highest BCUT2D eigenvalue weighted by Crippen LogP contribution is 2.52. The Labute approximate surface area is 209 Å². The number of hydrogen-bond acceptors (Lipinski definition) is 4. The molecule has 0 unspecified atom stereocenters. The van der Waals surface area contributed by atoms with E-state index in [2.05, 4.69) is 17.2 Å². The number of benzene rings is 1. The van der Waals surface area contributed by atoms with Crippen molar-refractivity contribution in [1.29, 1.82) is 0 Å². The molecular formula is C28H29FN4O3. The van der Waals surface area contributed by atoms with Gasteiger partial charge in [-0.15, -0.1) is 0 Å². The zero-order valence-electron chi connectivity index (χ0n) is 20.7. The lowest BCUT2D eigenvalue weighted by molar-refractivity contribution is -0.125. The summed E-state index contributed by atoms with van der Waals surface area (Å²) in [4.78, 5) is 43.9. The van der Waals surface area contributed by atoms with Gasteiger partial charge in [0.05, 0.1) is 11.8 Å². The number of carbonyl (C=O) groups is 2. The number of pyridine rings is 2. The molecule has 3 aromatic rings. The van der Waals surface area contributed by atoms with Gasteiger partial charge in [-0.3, -0.25) is 14.4 Å². The Bertz CT molecular complexity index is 1430. The Hall–Kier alpha value is -3.81. The molecule has 5 rings (SSSR count). The van der Waals surface area contributed by atoms with Crippen molar-refractivity contribution < 1.29 is 14.0 Å². The van der Waals surface area contributed by atoms with Crippen LogP contribution in [0.5, 0.6) is 0 Å². The standard InChI is InChI=1S/C28H29FN4O3/c1-17-10-23(33-9-8-28(2,27(33)36)21-5-6-21)15-24(30-17)31-25(34)13-18-11-20(14-22(29)12-18)19-4-7-26(35)32(3)16-19/h4,7,10-12,14-16,21H,5-6,8-9,13H2,1-3H3,(H,30,31,34)/t28-/m0/s1.